The van der Waals surface area contributed by atoms with Gasteiger partial charge in [0.1, 0.15) is 0 Å². The highest BCUT2D eigenvalue weighted by Gasteiger charge is 2.17. The summed E-state index contributed by atoms with van der Waals surface area (Å²) in [5.41, 5.74) is 6.20. The van der Waals surface area contributed by atoms with Crippen LogP contribution in [-0.2, 0) is 6.42 Å². The van der Waals surface area contributed by atoms with Crippen LogP contribution in [0.2, 0.25) is 0 Å². The first-order chi connectivity index (χ1) is 7.34. The molecule has 0 spiro atoms. The fraction of sp³-hybridized carbons (Fsp3) is 0.667. The van der Waals surface area contributed by atoms with E-state index in [0.29, 0.717) is 6.04 Å². The molecule has 1 aliphatic heterocycles. The minimum atomic E-state index is 0.372. The standard InChI is InChI=1S/C12H19NS2/c13-11(9-12-2-1-5-15-12)8-10-3-6-14-7-4-10/h1-2,5,10-11H,3-4,6-9,13H2. The highest BCUT2D eigenvalue weighted by atomic mass is 32.2. The summed E-state index contributed by atoms with van der Waals surface area (Å²) in [4.78, 5) is 1.44. The van der Waals surface area contributed by atoms with Gasteiger partial charge in [-0.15, -0.1) is 11.3 Å². The van der Waals surface area contributed by atoms with Crippen molar-refractivity contribution < 1.29 is 0 Å². The molecule has 1 fully saturated rings. The molecule has 1 saturated heterocycles. The molecule has 1 unspecified atom stereocenters. The zero-order chi connectivity index (χ0) is 10.5. The van der Waals surface area contributed by atoms with Crippen molar-refractivity contribution >= 4 is 23.1 Å². The predicted molar refractivity (Wildman–Crippen MR) is 70.7 cm³/mol. The van der Waals surface area contributed by atoms with Crippen LogP contribution in [0, 0.1) is 5.92 Å². The topological polar surface area (TPSA) is 26.0 Å². The molecule has 0 bridgehead atoms. The van der Waals surface area contributed by atoms with E-state index in [2.05, 4.69) is 29.3 Å². The molecule has 84 valence electrons. The van der Waals surface area contributed by atoms with Gasteiger partial charge in [0, 0.05) is 10.9 Å². The number of hydrogen-bond acceptors (Lipinski definition) is 3. The summed E-state index contributed by atoms with van der Waals surface area (Å²) in [7, 11) is 0. The third-order valence-electron chi connectivity index (χ3n) is 3.02. The van der Waals surface area contributed by atoms with Crippen LogP contribution >= 0.6 is 23.1 Å². The second kappa shape index (κ2) is 5.92. The van der Waals surface area contributed by atoms with Crippen molar-refractivity contribution in [2.24, 2.45) is 11.7 Å². The number of thioether (sulfide) groups is 1. The molecule has 15 heavy (non-hydrogen) atoms. The van der Waals surface area contributed by atoms with Crippen molar-refractivity contribution in [1.82, 2.24) is 0 Å². The van der Waals surface area contributed by atoms with Crippen LogP contribution < -0.4 is 5.73 Å². The maximum absolute atomic E-state index is 6.20. The van der Waals surface area contributed by atoms with Gasteiger partial charge in [0.2, 0.25) is 0 Å². The Labute approximate surface area is 100 Å². The van der Waals surface area contributed by atoms with E-state index >= 15 is 0 Å². The predicted octanol–water partition coefficient (Wildman–Crippen LogP) is 3.15. The molecule has 0 aliphatic carbocycles. The molecule has 0 radical (unpaired) electrons. The van der Waals surface area contributed by atoms with Gasteiger partial charge < -0.3 is 5.73 Å². The Morgan fingerprint density at radius 3 is 2.87 bits per heavy atom. The minimum Gasteiger partial charge on any atom is -0.327 e. The SMILES string of the molecule is NC(Cc1cccs1)CC1CCSCC1. The fourth-order valence-electron chi connectivity index (χ4n) is 2.18. The van der Waals surface area contributed by atoms with Crippen molar-refractivity contribution in [3.05, 3.63) is 22.4 Å². The van der Waals surface area contributed by atoms with Gasteiger partial charge in [-0.05, 0) is 54.6 Å². The summed E-state index contributed by atoms with van der Waals surface area (Å²) in [5, 5.41) is 2.14. The Hall–Kier alpha value is 0.01000. The molecule has 1 nitrogen and oxygen atoms in total. The number of nitrogens with two attached hydrogens (primary N) is 1. The van der Waals surface area contributed by atoms with Gasteiger partial charge in [-0.1, -0.05) is 6.07 Å². The van der Waals surface area contributed by atoms with Gasteiger partial charge in [-0.25, -0.2) is 0 Å². The first-order valence-corrected chi connectivity index (χ1v) is 7.74. The van der Waals surface area contributed by atoms with Crippen molar-refractivity contribution in [2.75, 3.05) is 11.5 Å². The molecular formula is C12H19NS2. The van der Waals surface area contributed by atoms with Gasteiger partial charge >= 0.3 is 0 Å². The van der Waals surface area contributed by atoms with E-state index < -0.39 is 0 Å². The molecule has 3 heteroatoms. The third kappa shape index (κ3) is 3.82. The van der Waals surface area contributed by atoms with Gasteiger partial charge in [0.05, 0.1) is 0 Å². The van der Waals surface area contributed by atoms with Crippen molar-refractivity contribution in [2.45, 2.75) is 31.7 Å². The lowest BCUT2D eigenvalue weighted by atomic mass is 9.93. The molecule has 1 aromatic rings. The van der Waals surface area contributed by atoms with Crippen LogP contribution in [0.25, 0.3) is 0 Å². The van der Waals surface area contributed by atoms with E-state index in [-0.39, 0.29) is 0 Å². The van der Waals surface area contributed by atoms with Gasteiger partial charge in [-0.2, -0.15) is 11.8 Å². The Balaban J connectivity index is 1.74. The first-order valence-electron chi connectivity index (χ1n) is 5.70. The molecule has 0 saturated carbocycles. The second-order valence-electron chi connectivity index (χ2n) is 4.34. The molecule has 0 aromatic carbocycles. The summed E-state index contributed by atoms with van der Waals surface area (Å²) < 4.78 is 0. The normalized spacial score (nSPS) is 20.3. The average Bonchev–Trinajstić information content (AvgIpc) is 2.71. The maximum Gasteiger partial charge on any atom is 0.00898 e. The van der Waals surface area contributed by atoms with E-state index in [4.69, 9.17) is 5.73 Å². The number of hydrogen-bond donors (Lipinski definition) is 1. The van der Waals surface area contributed by atoms with Crippen molar-refractivity contribution in [3.8, 4) is 0 Å². The Morgan fingerprint density at radius 1 is 1.40 bits per heavy atom. The lowest BCUT2D eigenvalue weighted by Crippen LogP contribution is -2.27. The largest absolute Gasteiger partial charge is 0.327 e. The van der Waals surface area contributed by atoms with Crippen LogP contribution in [0.5, 0.6) is 0 Å². The highest BCUT2D eigenvalue weighted by Crippen LogP contribution is 2.26. The summed E-state index contributed by atoms with van der Waals surface area (Å²) in [5.74, 6) is 3.58. The summed E-state index contributed by atoms with van der Waals surface area (Å²) in [6.45, 7) is 0. The molecule has 2 N–H and O–H groups in total. The van der Waals surface area contributed by atoms with Crippen LogP contribution in [-0.4, -0.2) is 17.5 Å². The van der Waals surface area contributed by atoms with Crippen LogP contribution in [0.4, 0.5) is 0 Å². The molecule has 1 aromatic heterocycles. The smallest absolute Gasteiger partial charge is 0.00898 e. The maximum atomic E-state index is 6.20. The lowest BCUT2D eigenvalue weighted by molar-refractivity contribution is 0.407. The minimum absolute atomic E-state index is 0.372. The molecule has 1 aliphatic rings. The van der Waals surface area contributed by atoms with Crippen LogP contribution in [0.15, 0.2) is 17.5 Å². The van der Waals surface area contributed by atoms with E-state index in [1.54, 1.807) is 0 Å². The van der Waals surface area contributed by atoms with Crippen molar-refractivity contribution in [1.29, 1.82) is 0 Å². The zero-order valence-corrected chi connectivity index (χ0v) is 10.7. The second-order valence-corrected chi connectivity index (χ2v) is 6.59. The molecular weight excluding hydrogens is 222 g/mol. The van der Waals surface area contributed by atoms with Crippen LogP contribution in [0.3, 0.4) is 0 Å². The van der Waals surface area contributed by atoms with Crippen LogP contribution in [0.1, 0.15) is 24.1 Å². The first kappa shape index (κ1) is 11.5. The summed E-state index contributed by atoms with van der Waals surface area (Å²) >= 11 is 3.92. The summed E-state index contributed by atoms with van der Waals surface area (Å²) in [6.07, 6.45) is 5.05. The monoisotopic (exact) mass is 241 g/mol. The molecule has 2 rings (SSSR count). The Morgan fingerprint density at radius 2 is 2.20 bits per heavy atom. The fourth-order valence-corrected chi connectivity index (χ4v) is 4.18. The number of thiophene rings is 1. The quantitative estimate of drug-likeness (QED) is 0.876. The average molecular weight is 241 g/mol. The van der Waals surface area contributed by atoms with Gasteiger partial charge in [-0.3, -0.25) is 0 Å². The third-order valence-corrected chi connectivity index (χ3v) is 4.97. The summed E-state index contributed by atoms with van der Waals surface area (Å²) in [6, 6.07) is 4.68. The number of rotatable bonds is 4. The molecule has 0 amide bonds. The zero-order valence-electron chi connectivity index (χ0n) is 9.02. The highest BCUT2D eigenvalue weighted by molar-refractivity contribution is 7.99. The van der Waals surface area contributed by atoms with Crippen molar-refractivity contribution in [3.63, 3.8) is 0 Å². The van der Waals surface area contributed by atoms with E-state index in [9.17, 15) is 0 Å². The van der Waals surface area contributed by atoms with E-state index in [1.165, 1.54) is 35.6 Å². The van der Waals surface area contributed by atoms with Gasteiger partial charge in [0.15, 0.2) is 0 Å². The molecule has 2 heterocycles. The Bertz CT molecular complexity index is 265. The van der Waals surface area contributed by atoms with E-state index in [1.807, 2.05) is 11.3 Å². The molecule has 1 atom stereocenters. The Kier molecular flexibility index (Phi) is 4.54. The lowest BCUT2D eigenvalue weighted by Gasteiger charge is -2.24. The van der Waals surface area contributed by atoms with E-state index in [0.717, 1.165) is 12.3 Å². The van der Waals surface area contributed by atoms with Gasteiger partial charge in [0.25, 0.3) is 0 Å².